The first-order valence-electron chi connectivity index (χ1n) is 6.85. The van der Waals surface area contributed by atoms with Gasteiger partial charge in [0, 0.05) is 6.54 Å². The first kappa shape index (κ1) is 14.3. The Bertz CT molecular complexity index is 548. The summed E-state index contributed by atoms with van der Waals surface area (Å²) in [6, 6.07) is 0. The number of imidazole rings is 1. The summed E-state index contributed by atoms with van der Waals surface area (Å²) < 4.78 is 7.04. The molecule has 1 saturated heterocycles. The summed E-state index contributed by atoms with van der Waals surface area (Å²) in [6.45, 7) is 2.72. The lowest BCUT2D eigenvalue weighted by Crippen LogP contribution is -2.40. The van der Waals surface area contributed by atoms with Crippen molar-refractivity contribution in [1.29, 1.82) is 5.41 Å². The van der Waals surface area contributed by atoms with Crippen molar-refractivity contribution < 1.29 is 20.1 Å². The van der Waals surface area contributed by atoms with Crippen molar-refractivity contribution in [1.82, 2.24) is 14.5 Å². The third-order valence-electron chi connectivity index (χ3n) is 3.94. The van der Waals surface area contributed by atoms with Crippen LogP contribution in [0.1, 0.15) is 18.8 Å². The number of hydrogen-bond acceptors (Lipinski definition) is 7. The van der Waals surface area contributed by atoms with E-state index in [1.807, 2.05) is 11.8 Å². The Morgan fingerprint density at radius 3 is 2.86 bits per heavy atom. The number of nitrogens with one attached hydrogen (secondary N) is 2. The Kier molecular flexibility index (Phi) is 3.57. The summed E-state index contributed by atoms with van der Waals surface area (Å²) in [5, 5.41) is 40.3. The molecule has 0 amide bonds. The van der Waals surface area contributed by atoms with E-state index in [0.29, 0.717) is 30.6 Å². The van der Waals surface area contributed by atoms with Gasteiger partial charge in [-0.15, -0.1) is 0 Å². The topological polar surface area (TPSA) is 127 Å². The van der Waals surface area contributed by atoms with Crippen molar-refractivity contribution in [3.05, 3.63) is 12.0 Å². The minimum atomic E-state index is -1.17. The van der Waals surface area contributed by atoms with Gasteiger partial charge in [0.2, 0.25) is 0 Å². The molecule has 1 aromatic rings. The number of aliphatic hydroxyl groups excluding tert-OH is 3. The number of amidine groups is 1. The first-order valence-corrected chi connectivity index (χ1v) is 6.85. The lowest BCUT2D eigenvalue weighted by molar-refractivity contribution is -0.0519. The molecule has 116 valence electrons. The Labute approximate surface area is 121 Å². The van der Waals surface area contributed by atoms with Crippen LogP contribution in [-0.4, -0.2) is 73.7 Å². The predicted octanol–water partition coefficient (Wildman–Crippen LogP) is -1.48. The number of anilines is 1. The zero-order valence-corrected chi connectivity index (χ0v) is 11.6. The molecular formula is C12H19N5O4. The van der Waals surface area contributed by atoms with Crippen LogP contribution in [-0.2, 0) is 4.74 Å². The standard InChI is InChI=1S/C12H19N5O4/c1-2-16-4-15-11-7(10(16)13)14-5-17(11)12-9(20)8(19)6(3-18)21-12/h5-6,8-9,12-13,15,18-20H,2-4H2,1H3/t6-,8-,9-,12-/m1/s1. The lowest BCUT2D eigenvalue weighted by atomic mass is 10.1. The monoisotopic (exact) mass is 297 g/mol. The van der Waals surface area contributed by atoms with Crippen LogP contribution in [0, 0.1) is 5.41 Å². The van der Waals surface area contributed by atoms with E-state index in [1.54, 1.807) is 4.57 Å². The van der Waals surface area contributed by atoms with E-state index in [-0.39, 0.29) is 6.61 Å². The van der Waals surface area contributed by atoms with E-state index in [2.05, 4.69) is 10.3 Å². The van der Waals surface area contributed by atoms with Gasteiger partial charge in [-0.05, 0) is 6.92 Å². The zero-order chi connectivity index (χ0) is 15.1. The van der Waals surface area contributed by atoms with Crippen molar-refractivity contribution >= 4 is 11.7 Å². The number of ether oxygens (including phenoxy) is 1. The van der Waals surface area contributed by atoms with E-state index in [1.165, 1.54) is 6.33 Å². The highest BCUT2D eigenvalue weighted by Crippen LogP contribution is 2.33. The molecule has 0 radical (unpaired) electrons. The molecule has 1 aromatic heterocycles. The van der Waals surface area contributed by atoms with Gasteiger partial charge in [0.1, 0.15) is 29.8 Å². The largest absolute Gasteiger partial charge is 0.394 e. The zero-order valence-electron chi connectivity index (χ0n) is 11.6. The molecule has 5 N–H and O–H groups in total. The van der Waals surface area contributed by atoms with Gasteiger partial charge in [0.15, 0.2) is 12.1 Å². The SMILES string of the molecule is CCN1CNc2c(ncn2[C@@H]2O[C@H](CO)[C@@H](O)[C@H]2O)C1=N. The second kappa shape index (κ2) is 5.26. The highest BCUT2D eigenvalue weighted by Gasteiger charge is 2.44. The summed E-state index contributed by atoms with van der Waals surface area (Å²) in [5.74, 6) is 0.872. The van der Waals surface area contributed by atoms with Crippen molar-refractivity contribution in [3.8, 4) is 0 Å². The van der Waals surface area contributed by atoms with Crippen LogP contribution in [0.15, 0.2) is 6.33 Å². The average molecular weight is 297 g/mol. The molecule has 0 spiro atoms. The van der Waals surface area contributed by atoms with Crippen molar-refractivity contribution in [2.75, 3.05) is 25.1 Å². The maximum atomic E-state index is 10.1. The molecular weight excluding hydrogens is 278 g/mol. The number of fused-ring (bicyclic) bond motifs is 1. The van der Waals surface area contributed by atoms with Gasteiger partial charge in [-0.3, -0.25) is 9.98 Å². The van der Waals surface area contributed by atoms with Gasteiger partial charge < -0.3 is 30.3 Å². The molecule has 2 aliphatic heterocycles. The van der Waals surface area contributed by atoms with Gasteiger partial charge in [0.05, 0.1) is 19.6 Å². The smallest absolute Gasteiger partial charge is 0.165 e. The maximum absolute atomic E-state index is 10.1. The highest BCUT2D eigenvalue weighted by atomic mass is 16.6. The fourth-order valence-electron chi connectivity index (χ4n) is 2.68. The van der Waals surface area contributed by atoms with Gasteiger partial charge in [0.25, 0.3) is 0 Å². The molecule has 2 aliphatic rings. The van der Waals surface area contributed by atoms with Gasteiger partial charge in [-0.25, -0.2) is 4.98 Å². The van der Waals surface area contributed by atoms with E-state index < -0.39 is 24.5 Å². The van der Waals surface area contributed by atoms with E-state index in [0.717, 1.165) is 0 Å². The molecule has 1 fully saturated rings. The van der Waals surface area contributed by atoms with Crippen LogP contribution in [0.2, 0.25) is 0 Å². The quantitative estimate of drug-likeness (QED) is 0.461. The third-order valence-corrected chi connectivity index (χ3v) is 3.94. The van der Waals surface area contributed by atoms with Crippen LogP contribution < -0.4 is 5.32 Å². The average Bonchev–Trinajstić information content (AvgIpc) is 3.03. The third kappa shape index (κ3) is 2.09. The first-order chi connectivity index (χ1) is 10.1. The lowest BCUT2D eigenvalue weighted by Gasteiger charge is -2.30. The van der Waals surface area contributed by atoms with Crippen LogP contribution in [0.5, 0.6) is 0 Å². The molecule has 0 bridgehead atoms. The number of hydrogen-bond donors (Lipinski definition) is 5. The van der Waals surface area contributed by atoms with E-state index in [9.17, 15) is 10.2 Å². The summed E-state index contributed by atoms with van der Waals surface area (Å²) in [7, 11) is 0. The second-order valence-electron chi connectivity index (χ2n) is 5.12. The number of aliphatic hydroxyl groups is 3. The molecule has 3 rings (SSSR count). The Balaban J connectivity index is 1.91. The maximum Gasteiger partial charge on any atom is 0.165 e. The molecule has 0 aromatic carbocycles. The molecule has 0 saturated carbocycles. The Hall–Kier alpha value is -1.68. The van der Waals surface area contributed by atoms with Gasteiger partial charge >= 0.3 is 0 Å². The summed E-state index contributed by atoms with van der Waals surface area (Å²) >= 11 is 0. The van der Waals surface area contributed by atoms with Crippen molar-refractivity contribution in [2.45, 2.75) is 31.5 Å². The van der Waals surface area contributed by atoms with Gasteiger partial charge in [-0.1, -0.05) is 0 Å². The molecule has 9 nitrogen and oxygen atoms in total. The van der Waals surface area contributed by atoms with Crippen LogP contribution in [0.3, 0.4) is 0 Å². The molecule has 9 heteroatoms. The van der Waals surface area contributed by atoms with Crippen molar-refractivity contribution in [2.24, 2.45) is 0 Å². The highest BCUT2D eigenvalue weighted by molar-refractivity contribution is 6.00. The number of aromatic nitrogens is 2. The van der Waals surface area contributed by atoms with Crippen LogP contribution >= 0.6 is 0 Å². The minimum Gasteiger partial charge on any atom is -0.394 e. The van der Waals surface area contributed by atoms with Crippen molar-refractivity contribution in [3.63, 3.8) is 0 Å². The van der Waals surface area contributed by atoms with Crippen LogP contribution in [0.4, 0.5) is 5.82 Å². The number of nitrogens with zero attached hydrogens (tertiary/aromatic N) is 3. The fourth-order valence-corrected chi connectivity index (χ4v) is 2.68. The Morgan fingerprint density at radius 1 is 1.48 bits per heavy atom. The molecule has 21 heavy (non-hydrogen) atoms. The Morgan fingerprint density at radius 2 is 2.24 bits per heavy atom. The molecule has 0 aliphatic carbocycles. The molecule has 3 heterocycles. The van der Waals surface area contributed by atoms with E-state index >= 15 is 0 Å². The summed E-state index contributed by atoms with van der Waals surface area (Å²) in [5.41, 5.74) is 0.473. The summed E-state index contributed by atoms with van der Waals surface area (Å²) in [4.78, 5) is 6.01. The van der Waals surface area contributed by atoms with E-state index in [4.69, 9.17) is 15.3 Å². The van der Waals surface area contributed by atoms with Gasteiger partial charge in [-0.2, -0.15) is 0 Å². The predicted molar refractivity (Wildman–Crippen MR) is 72.9 cm³/mol. The molecule has 4 atom stereocenters. The second-order valence-corrected chi connectivity index (χ2v) is 5.12. The minimum absolute atomic E-state index is 0.303. The van der Waals surface area contributed by atoms with Crippen LogP contribution in [0.25, 0.3) is 0 Å². The fraction of sp³-hybridized carbons (Fsp3) is 0.667. The number of rotatable bonds is 3. The molecule has 0 unspecified atom stereocenters. The normalized spacial score (nSPS) is 32.2. The summed E-state index contributed by atoms with van der Waals surface area (Å²) in [6.07, 6.45) is -2.54.